The summed E-state index contributed by atoms with van der Waals surface area (Å²) in [5, 5.41) is 3.13. The maximum atomic E-state index is 4.47. The van der Waals surface area contributed by atoms with Crippen molar-refractivity contribution in [2.45, 2.75) is 27.7 Å². The van der Waals surface area contributed by atoms with Gasteiger partial charge in [-0.2, -0.15) is 4.98 Å². The van der Waals surface area contributed by atoms with Crippen molar-refractivity contribution in [1.29, 1.82) is 0 Å². The molecule has 0 aliphatic heterocycles. The van der Waals surface area contributed by atoms with Gasteiger partial charge in [-0.1, -0.05) is 0 Å². The maximum Gasteiger partial charge on any atom is 0.224 e. The van der Waals surface area contributed by atoms with Crippen LogP contribution in [-0.2, 0) is 0 Å². The fourth-order valence-electron chi connectivity index (χ4n) is 1.64. The molecule has 2 rings (SSSR count). The minimum absolute atomic E-state index is 0.660. The smallest absolute Gasteiger partial charge is 0.224 e. The van der Waals surface area contributed by atoms with Gasteiger partial charge in [0, 0.05) is 24.0 Å². The summed E-state index contributed by atoms with van der Waals surface area (Å²) in [5.41, 5.74) is 3.06. The van der Waals surface area contributed by atoms with Crippen molar-refractivity contribution in [3.8, 4) is 5.82 Å². The molecular weight excluding hydrogens is 214 g/mol. The van der Waals surface area contributed by atoms with Crippen LogP contribution in [0.4, 0.5) is 5.95 Å². The van der Waals surface area contributed by atoms with Gasteiger partial charge in [-0.05, 0) is 27.7 Å². The molecule has 0 saturated carbocycles. The Morgan fingerprint density at radius 1 is 1.24 bits per heavy atom. The van der Waals surface area contributed by atoms with E-state index in [0.29, 0.717) is 5.95 Å². The zero-order valence-electron chi connectivity index (χ0n) is 10.7. The largest absolute Gasteiger partial charge is 0.354 e. The van der Waals surface area contributed by atoms with Crippen LogP contribution in [0, 0.1) is 20.8 Å². The second-order valence-corrected chi connectivity index (χ2v) is 4.01. The lowest BCUT2D eigenvalue weighted by Crippen LogP contribution is -2.07. The van der Waals surface area contributed by atoms with Gasteiger partial charge in [0.25, 0.3) is 0 Å². The van der Waals surface area contributed by atoms with E-state index in [1.807, 2.05) is 38.3 Å². The third-order valence-electron chi connectivity index (χ3n) is 2.67. The molecule has 5 heteroatoms. The van der Waals surface area contributed by atoms with E-state index in [4.69, 9.17) is 0 Å². The molecular formula is C12H17N5. The Kier molecular flexibility index (Phi) is 3.08. The zero-order chi connectivity index (χ0) is 12.4. The average Bonchev–Trinajstić information content (AvgIpc) is 2.59. The summed E-state index contributed by atoms with van der Waals surface area (Å²) in [6.07, 6.45) is 1.79. The number of imidazole rings is 1. The monoisotopic (exact) mass is 231 g/mol. The number of anilines is 1. The molecule has 0 aliphatic rings. The van der Waals surface area contributed by atoms with Crippen molar-refractivity contribution in [3.63, 3.8) is 0 Å². The predicted molar refractivity (Wildman–Crippen MR) is 67.5 cm³/mol. The molecule has 0 aromatic carbocycles. The van der Waals surface area contributed by atoms with Gasteiger partial charge >= 0.3 is 0 Å². The van der Waals surface area contributed by atoms with Crippen molar-refractivity contribution in [2.75, 3.05) is 11.9 Å². The van der Waals surface area contributed by atoms with Crippen molar-refractivity contribution >= 4 is 5.95 Å². The van der Waals surface area contributed by atoms with Gasteiger partial charge in [0.1, 0.15) is 12.1 Å². The first kappa shape index (κ1) is 11.6. The lowest BCUT2D eigenvalue weighted by atomic mass is 10.3. The topological polar surface area (TPSA) is 55.6 Å². The van der Waals surface area contributed by atoms with Crippen molar-refractivity contribution < 1.29 is 0 Å². The van der Waals surface area contributed by atoms with Gasteiger partial charge in [-0.3, -0.25) is 4.57 Å². The first-order valence-corrected chi connectivity index (χ1v) is 5.72. The van der Waals surface area contributed by atoms with Crippen molar-refractivity contribution in [3.05, 3.63) is 29.5 Å². The van der Waals surface area contributed by atoms with Gasteiger partial charge in [0.15, 0.2) is 0 Å². The molecule has 2 aromatic rings. The van der Waals surface area contributed by atoms with Gasteiger partial charge in [-0.25, -0.2) is 9.97 Å². The lowest BCUT2D eigenvalue weighted by Gasteiger charge is -2.08. The van der Waals surface area contributed by atoms with Crippen LogP contribution in [-0.4, -0.2) is 26.1 Å². The minimum Gasteiger partial charge on any atom is -0.354 e. The Morgan fingerprint density at radius 2 is 2.00 bits per heavy atom. The third-order valence-corrected chi connectivity index (χ3v) is 2.67. The molecule has 0 spiro atoms. The number of aryl methyl sites for hydroxylation is 2. The molecule has 0 radical (unpaired) electrons. The first-order chi connectivity index (χ1) is 8.11. The van der Waals surface area contributed by atoms with E-state index in [0.717, 1.165) is 29.4 Å². The summed E-state index contributed by atoms with van der Waals surface area (Å²) in [6.45, 7) is 8.83. The molecule has 90 valence electrons. The van der Waals surface area contributed by atoms with E-state index in [1.165, 1.54) is 0 Å². The van der Waals surface area contributed by atoms with E-state index in [-0.39, 0.29) is 0 Å². The highest BCUT2D eigenvalue weighted by Gasteiger charge is 2.07. The summed E-state index contributed by atoms with van der Waals surface area (Å²) in [6, 6.07) is 1.95. The van der Waals surface area contributed by atoms with Crippen LogP contribution in [0.1, 0.15) is 24.0 Å². The van der Waals surface area contributed by atoms with Crippen LogP contribution in [0.5, 0.6) is 0 Å². The normalized spacial score (nSPS) is 10.6. The van der Waals surface area contributed by atoms with Crippen LogP contribution >= 0.6 is 0 Å². The second-order valence-electron chi connectivity index (χ2n) is 4.01. The van der Waals surface area contributed by atoms with Crippen molar-refractivity contribution in [2.24, 2.45) is 0 Å². The Labute approximate surface area is 101 Å². The van der Waals surface area contributed by atoms with E-state index in [2.05, 4.69) is 20.3 Å². The van der Waals surface area contributed by atoms with Crippen LogP contribution in [0.15, 0.2) is 12.4 Å². The van der Waals surface area contributed by atoms with E-state index in [1.54, 1.807) is 6.33 Å². The first-order valence-electron chi connectivity index (χ1n) is 5.72. The number of hydrogen-bond acceptors (Lipinski definition) is 4. The van der Waals surface area contributed by atoms with Crippen LogP contribution in [0.3, 0.4) is 0 Å². The van der Waals surface area contributed by atoms with E-state index < -0.39 is 0 Å². The summed E-state index contributed by atoms with van der Waals surface area (Å²) in [4.78, 5) is 13.1. The van der Waals surface area contributed by atoms with Gasteiger partial charge in [-0.15, -0.1) is 0 Å². The molecule has 0 unspecified atom stereocenters. The van der Waals surface area contributed by atoms with Gasteiger partial charge < -0.3 is 5.32 Å². The molecule has 0 saturated heterocycles. The molecule has 1 N–H and O–H groups in total. The summed E-state index contributed by atoms with van der Waals surface area (Å²) < 4.78 is 1.98. The Balaban J connectivity index is 2.48. The SMILES string of the molecule is CCNc1nc(C)cc(-n2cnc(C)c2C)n1. The summed E-state index contributed by atoms with van der Waals surface area (Å²) >= 11 is 0. The lowest BCUT2D eigenvalue weighted by molar-refractivity contribution is 0.921. The minimum atomic E-state index is 0.660. The number of nitrogens with one attached hydrogen (secondary N) is 1. The molecule has 5 nitrogen and oxygen atoms in total. The maximum absolute atomic E-state index is 4.47. The van der Waals surface area contributed by atoms with Gasteiger partial charge in [0.05, 0.1) is 5.69 Å². The molecule has 0 amide bonds. The second kappa shape index (κ2) is 4.53. The highest BCUT2D eigenvalue weighted by atomic mass is 15.2. The van der Waals surface area contributed by atoms with E-state index in [9.17, 15) is 0 Å². The fourth-order valence-corrected chi connectivity index (χ4v) is 1.64. The van der Waals surface area contributed by atoms with Gasteiger partial charge in [0.2, 0.25) is 5.95 Å². The average molecular weight is 231 g/mol. The highest BCUT2D eigenvalue weighted by Crippen LogP contribution is 2.14. The summed E-state index contributed by atoms with van der Waals surface area (Å²) in [5.74, 6) is 1.51. The Morgan fingerprint density at radius 3 is 2.59 bits per heavy atom. The zero-order valence-corrected chi connectivity index (χ0v) is 10.7. The molecule has 0 aliphatic carbocycles. The predicted octanol–water partition coefficient (Wildman–Crippen LogP) is 2.02. The molecule has 0 fully saturated rings. The van der Waals surface area contributed by atoms with Crippen molar-refractivity contribution in [1.82, 2.24) is 19.5 Å². The van der Waals surface area contributed by atoms with Crippen LogP contribution in [0.25, 0.3) is 5.82 Å². The Bertz CT molecular complexity index is 530. The number of hydrogen-bond donors (Lipinski definition) is 1. The summed E-state index contributed by atoms with van der Waals surface area (Å²) in [7, 11) is 0. The Hall–Kier alpha value is -1.91. The number of aromatic nitrogens is 4. The molecule has 17 heavy (non-hydrogen) atoms. The van der Waals surface area contributed by atoms with E-state index >= 15 is 0 Å². The quantitative estimate of drug-likeness (QED) is 0.878. The third kappa shape index (κ3) is 2.27. The number of rotatable bonds is 3. The molecule has 0 bridgehead atoms. The molecule has 2 heterocycles. The van der Waals surface area contributed by atoms with Crippen LogP contribution < -0.4 is 5.32 Å². The molecule has 2 aromatic heterocycles. The van der Waals surface area contributed by atoms with Crippen LogP contribution in [0.2, 0.25) is 0 Å². The molecule has 0 atom stereocenters. The fraction of sp³-hybridized carbons (Fsp3) is 0.417. The highest BCUT2D eigenvalue weighted by molar-refractivity contribution is 5.36. The number of nitrogens with zero attached hydrogens (tertiary/aromatic N) is 4. The standard InChI is InChI=1S/C12H17N5/c1-5-13-12-15-8(2)6-11(16-12)17-7-14-9(3)10(17)4/h6-7H,5H2,1-4H3,(H,13,15,16).